The maximum atomic E-state index is 11.9. The van der Waals surface area contributed by atoms with Gasteiger partial charge < -0.3 is 4.74 Å². The molecule has 0 unspecified atom stereocenters. The van der Waals surface area contributed by atoms with Crippen LogP contribution < -0.4 is 5.32 Å². The van der Waals surface area contributed by atoms with Crippen LogP contribution in [0.5, 0.6) is 0 Å². The molecular formula is C14H16N4O3S. The quantitative estimate of drug-likeness (QED) is 0.866. The number of alkyl carbamates (subject to hydrolysis) is 1. The first kappa shape index (κ1) is 16.0. The molecule has 0 aliphatic carbocycles. The van der Waals surface area contributed by atoms with Crippen molar-refractivity contribution in [2.75, 3.05) is 7.11 Å². The van der Waals surface area contributed by atoms with Crippen LogP contribution in [0.4, 0.5) is 4.79 Å². The van der Waals surface area contributed by atoms with Gasteiger partial charge in [-0.2, -0.15) is 0 Å². The van der Waals surface area contributed by atoms with Gasteiger partial charge >= 0.3 is 6.09 Å². The number of hydrogen-bond acceptors (Lipinski definition) is 6. The van der Waals surface area contributed by atoms with E-state index >= 15 is 0 Å². The standard InChI is InChI=1S/C14H16N4O3S/c1-9(12(19)15-14(20)21-3)22-13-17-16-10(2)18(13)11-7-5-4-6-8-11/h4-9H,1-3H3,(H,15,19,20)/t9-/m1/s1. The van der Waals surface area contributed by atoms with Gasteiger partial charge in [0.1, 0.15) is 5.82 Å². The third-order valence-electron chi connectivity index (χ3n) is 2.87. The minimum Gasteiger partial charge on any atom is -0.453 e. The molecule has 0 fully saturated rings. The molecule has 2 rings (SSSR count). The fourth-order valence-corrected chi connectivity index (χ4v) is 2.67. The van der Waals surface area contributed by atoms with E-state index in [0.717, 1.165) is 5.69 Å². The number of carbonyl (C=O) groups is 2. The van der Waals surface area contributed by atoms with Gasteiger partial charge in [0.25, 0.3) is 0 Å². The molecule has 2 aromatic rings. The number of nitrogens with one attached hydrogen (secondary N) is 1. The highest BCUT2D eigenvalue weighted by Gasteiger charge is 2.21. The lowest BCUT2D eigenvalue weighted by Gasteiger charge is -2.12. The maximum Gasteiger partial charge on any atom is 0.413 e. The van der Waals surface area contributed by atoms with Gasteiger partial charge in [0.05, 0.1) is 12.4 Å². The summed E-state index contributed by atoms with van der Waals surface area (Å²) in [6.07, 6.45) is -0.779. The van der Waals surface area contributed by atoms with Crippen molar-refractivity contribution in [1.29, 1.82) is 0 Å². The van der Waals surface area contributed by atoms with Gasteiger partial charge in [0.2, 0.25) is 5.91 Å². The molecular weight excluding hydrogens is 304 g/mol. The smallest absolute Gasteiger partial charge is 0.413 e. The average molecular weight is 320 g/mol. The summed E-state index contributed by atoms with van der Waals surface area (Å²) in [6.45, 7) is 3.52. The van der Waals surface area contributed by atoms with Crippen molar-refractivity contribution in [3.8, 4) is 5.69 Å². The zero-order valence-corrected chi connectivity index (χ0v) is 13.3. The molecule has 1 aromatic heterocycles. The third-order valence-corrected chi connectivity index (χ3v) is 3.91. The van der Waals surface area contributed by atoms with Crippen LogP contribution in [0.3, 0.4) is 0 Å². The third kappa shape index (κ3) is 3.64. The number of benzene rings is 1. The first-order chi connectivity index (χ1) is 10.5. The van der Waals surface area contributed by atoms with Crippen molar-refractivity contribution < 1.29 is 14.3 Å². The molecule has 116 valence electrons. The molecule has 0 saturated heterocycles. The van der Waals surface area contributed by atoms with Gasteiger partial charge in [-0.05, 0) is 26.0 Å². The lowest BCUT2D eigenvalue weighted by atomic mass is 10.3. The van der Waals surface area contributed by atoms with Crippen molar-refractivity contribution in [3.63, 3.8) is 0 Å². The molecule has 0 spiro atoms. The number of thioether (sulfide) groups is 1. The second-order valence-electron chi connectivity index (χ2n) is 4.44. The predicted molar refractivity (Wildman–Crippen MR) is 82.0 cm³/mol. The average Bonchev–Trinajstić information content (AvgIpc) is 2.88. The topological polar surface area (TPSA) is 86.1 Å². The lowest BCUT2D eigenvalue weighted by Crippen LogP contribution is -2.36. The zero-order valence-electron chi connectivity index (χ0n) is 12.4. The number of rotatable bonds is 4. The van der Waals surface area contributed by atoms with E-state index in [1.807, 2.05) is 41.8 Å². The molecule has 1 heterocycles. The van der Waals surface area contributed by atoms with Crippen molar-refractivity contribution in [1.82, 2.24) is 20.1 Å². The lowest BCUT2D eigenvalue weighted by molar-refractivity contribution is -0.119. The normalized spacial score (nSPS) is 11.8. The molecule has 1 aromatic carbocycles. The van der Waals surface area contributed by atoms with Gasteiger partial charge in [-0.3, -0.25) is 14.7 Å². The van der Waals surface area contributed by atoms with Crippen LogP contribution >= 0.6 is 11.8 Å². The number of amides is 2. The van der Waals surface area contributed by atoms with E-state index in [4.69, 9.17) is 0 Å². The molecule has 1 N–H and O–H groups in total. The van der Waals surface area contributed by atoms with E-state index in [9.17, 15) is 9.59 Å². The van der Waals surface area contributed by atoms with E-state index in [1.165, 1.54) is 18.9 Å². The van der Waals surface area contributed by atoms with Crippen LogP contribution in [-0.2, 0) is 9.53 Å². The van der Waals surface area contributed by atoms with E-state index in [-0.39, 0.29) is 0 Å². The summed E-state index contributed by atoms with van der Waals surface area (Å²) >= 11 is 1.22. The van der Waals surface area contributed by atoms with Crippen molar-refractivity contribution >= 4 is 23.8 Å². The fourth-order valence-electron chi connectivity index (χ4n) is 1.76. The van der Waals surface area contributed by atoms with Crippen LogP contribution in [0, 0.1) is 6.92 Å². The van der Waals surface area contributed by atoms with Gasteiger partial charge in [-0.25, -0.2) is 4.79 Å². The van der Waals surface area contributed by atoms with Crippen molar-refractivity contribution in [2.45, 2.75) is 24.3 Å². The SMILES string of the molecule is COC(=O)NC(=O)[C@@H](C)Sc1nnc(C)n1-c1ccccc1. The number of hydrogen-bond donors (Lipinski definition) is 1. The zero-order chi connectivity index (χ0) is 16.1. The Hall–Kier alpha value is -2.35. The van der Waals surface area contributed by atoms with Gasteiger partial charge in [0, 0.05) is 5.69 Å². The number of aromatic nitrogens is 3. The van der Waals surface area contributed by atoms with Crippen LogP contribution in [0.25, 0.3) is 5.69 Å². The Morgan fingerprint density at radius 3 is 2.59 bits per heavy atom. The number of aryl methyl sites for hydroxylation is 1. The van der Waals surface area contributed by atoms with Gasteiger partial charge in [0.15, 0.2) is 5.16 Å². The fraction of sp³-hybridized carbons (Fsp3) is 0.286. The first-order valence-electron chi connectivity index (χ1n) is 6.56. The summed E-state index contributed by atoms with van der Waals surface area (Å²) in [5, 5.41) is 10.3. The van der Waals surface area contributed by atoms with Crippen LogP contribution in [0.2, 0.25) is 0 Å². The largest absolute Gasteiger partial charge is 0.453 e. The number of methoxy groups -OCH3 is 1. The number of imide groups is 1. The highest BCUT2D eigenvalue weighted by Crippen LogP contribution is 2.25. The van der Waals surface area contributed by atoms with Crippen LogP contribution in [0.1, 0.15) is 12.7 Å². The van der Waals surface area contributed by atoms with E-state index in [0.29, 0.717) is 11.0 Å². The minimum absolute atomic E-state index is 0.447. The summed E-state index contributed by atoms with van der Waals surface area (Å²) < 4.78 is 6.26. The summed E-state index contributed by atoms with van der Waals surface area (Å²) in [5.41, 5.74) is 0.910. The number of nitrogens with zero attached hydrogens (tertiary/aromatic N) is 3. The van der Waals surface area contributed by atoms with Crippen molar-refractivity contribution in [3.05, 3.63) is 36.2 Å². The Labute approximate surface area is 132 Å². The molecule has 1 atom stereocenters. The number of para-hydroxylation sites is 1. The van der Waals surface area contributed by atoms with Crippen molar-refractivity contribution in [2.24, 2.45) is 0 Å². The van der Waals surface area contributed by atoms with Gasteiger partial charge in [-0.15, -0.1) is 10.2 Å². The Kier molecular flexibility index (Phi) is 5.16. The number of ether oxygens (including phenoxy) is 1. The molecule has 22 heavy (non-hydrogen) atoms. The highest BCUT2D eigenvalue weighted by atomic mass is 32.2. The van der Waals surface area contributed by atoms with Crippen LogP contribution in [-0.4, -0.2) is 39.1 Å². The molecule has 0 saturated carbocycles. The van der Waals surface area contributed by atoms with E-state index < -0.39 is 17.3 Å². The molecule has 0 radical (unpaired) electrons. The Morgan fingerprint density at radius 1 is 1.27 bits per heavy atom. The van der Waals surface area contributed by atoms with E-state index in [2.05, 4.69) is 20.3 Å². The Balaban J connectivity index is 2.17. The molecule has 0 aliphatic rings. The minimum atomic E-state index is -0.779. The van der Waals surface area contributed by atoms with E-state index in [1.54, 1.807) is 6.92 Å². The molecule has 0 aliphatic heterocycles. The van der Waals surface area contributed by atoms with Gasteiger partial charge in [-0.1, -0.05) is 30.0 Å². The molecule has 7 nitrogen and oxygen atoms in total. The second-order valence-corrected chi connectivity index (χ2v) is 5.75. The first-order valence-corrected chi connectivity index (χ1v) is 7.43. The summed E-state index contributed by atoms with van der Waals surface area (Å²) in [5.74, 6) is 0.270. The predicted octanol–water partition coefficient (Wildman–Crippen LogP) is 1.94. The highest BCUT2D eigenvalue weighted by molar-refractivity contribution is 8.00. The molecule has 8 heteroatoms. The molecule has 2 amide bonds. The molecule has 0 bridgehead atoms. The summed E-state index contributed by atoms with van der Waals surface area (Å²) in [4.78, 5) is 23.0. The van der Waals surface area contributed by atoms with Crippen LogP contribution in [0.15, 0.2) is 35.5 Å². The second kappa shape index (κ2) is 7.08. The Bertz CT molecular complexity index is 672. The Morgan fingerprint density at radius 2 is 1.95 bits per heavy atom. The maximum absolute atomic E-state index is 11.9. The summed E-state index contributed by atoms with van der Waals surface area (Å²) in [6, 6.07) is 9.61. The monoisotopic (exact) mass is 320 g/mol. The number of carbonyl (C=O) groups excluding carboxylic acids is 2. The summed E-state index contributed by atoms with van der Waals surface area (Å²) in [7, 11) is 1.20.